The number of halogens is 3. The normalized spacial score (nSPS) is 15.4. The van der Waals surface area contributed by atoms with E-state index in [1.165, 1.54) is 23.9 Å². The minimum atomic E-state index is -4.72. The van der Waals surface area contributed by atoms with E-state index < -0.39 is 39.9 Å². The lowest BCUT2D eigenvalue weighted by atomic mass is 10.2. The van der Waals surface area contributed by atoms with E-state index in [1.807, 2.05) is 6.07 Å². The molecule has 3 aromatic rings. The summed E-state index contributed by atoms with van der Waals surface area (Å²) in [6, 6.07) is 3.86. The van der Waals surface area contributed by atoms with Crippen LogP contribution in [0.4, 0.5) is 13.2 Å². The second kappa shape index (κ2) is 8.23. The molecule has 3 aromatic heterocycles. The first-order chi connectivity index (χ1) is 15.9. The van der Waals surface area contributed by atoms with Crippen LogP contribution < -0.4 is 10.3 Å². The van der Waals surface area contributed by atoms with Crippen LogP contribution in [0, 0.1) is 11.3 Å². The first-order valence-corrected chi connectivity index (χ1v) is 11.9. The molecule has 1 saturated carbocycles. The van der Waals surface area contributed by atoms with Crippen molar-refractivity contribution < 1.29 is 22.1 Å². The van der Waals surface area contributed by atoms with Gasteiger partial charge in [0.15, 0.2) is 11.4 Å². The van der Waals surface area contributed by atoms with Crippen LogP contribution in [0.5, 0.6) is 5.75 Å². The van der Waals surface area contributed by atoms with E-state index in [4.69, 9.17) is 4.74 Å². The lowest BCUT2D eigenvalue weighted by Crippen LogP contribution is -2.28. The molecule has 0 amide bonds. The standard InChI is InChI=1S/C22H22F3N5O3S/c1-5-34(32)15-8-13(33-21(2,3)11-26)10-27-17(15)19-28-14-9-16(22(23,24)25)30(12-6-7-12)20(31)18(14)29(19)4/h8-10,12H,5-7H2,1-4H3/t34-/m0/s1. The van der Waals surface area contributed by atoms with Crippen molar-refractivity contribution in [2.75, 3.05) is 5.75 Å². The van der Waals surface area contributed by atoms with Crippen LogP contribution >= 0.6 is 0 Å². The smallest absolute Gasteiger partial charge is 0.431 e. The molecule has 8 nitrogen and oxygen atoms in total. The van der Waals surface area contributed by atoms with Gasteiger partial charge in [-0.05, 0) is 32.8 Å². The summed E-state index contributed by atoms with van der Waals surface area (Å²) in [5.41, 5.74) is -2.92. The molecule has 1 aliphatic carbocycles. The number of aromatic nitrogens is 4. The van der Waals surface area contributed by atoms with Crippen molar-refractivity contribution in [3.63, 3.8) is 0 Å². The van der Waals surface area contributed by atoms with Crippen LogP contribution in [-0.2, 0) is 24.0 Å². The monoisotopic (exact) mass is 493 g/mol. The first-order valence-electron chi connectivity index (χ1n) is 10.6. The number of nitrogens with zero attached hydrogens (tertiary/aromatic N) is 5. The third-order valence-corrected chi connectivity index (χ3v) is 6.79. The molecule has 1 fully saturated rings. The molecule has 0 unspecified atom stereocenters. The van der Waals surface area contributed by atoms with Gasteiger partial charge >= 0.3 is 6.18 Å². The highest BCUT2D eigenvalue weighted by molar-refractivity contribution is 7.85. The van der Waals surface area contributed by atoms with Crippen LogP contribution in [0.2, 0.25) is 0 Å². The number of hydrogen-bond acceptors (Lipinski definition) is 6. The van der Waals surface area contributed by atoms with Gasteiger partial charge in [0.2, 0.25) is 0 Å². The fourth-order valence-corrected chi connectivity index (χ4v) is 4.64. The molecule has 0 aliphatic heterocycles. The Balaban J connectivity index is 1.94. The summed E-state index contributed by atoms with van der Waals surface area (Å²) < 4.78 is 61.8. The minimum absolute atomic E-state index is 0.0101. The number of alkyl halides is 3. The van der Waals surface area contributed by atoms with Crippen molar-refractivity contribution >= 4 is 21.8 Å². The maximum Gasteiger partial charge on any atom is 0.431 e. The molecule has 1 aliphatic rings. The number of aryl methyl sites for hydroxylation is 1. The molecule has 12 heteroatoms. The summed E-state index contributed by atoms with van der Waals surface area (Å²) in [6.45, 7) is 4.82. The SMILES string of the molecule is CC[S@](=O)c1cc(OC(C)(C)C#N)cnc1-c1nc2cc(C(F)(F)F)n(C3CC3)c(=O)c2n1C. The Morgan fingerprint density at radius 1 is 1.29 bits per heavy atom. The van der Waals surface area contributed by atoms with E-state index in [1.54, 1.807) is 20.8 Å². The maximum atomic E-state index is 13.7. The number of rotatable bonds is 6. The average Bonchev–Trinajstić information content (AvgIpc) is 3.55. The summed E-state index contributed by atoms with van der Waals surface area (Å²) in [5.74, 6) is 0.550. The fourth-order valence-electron chi connectivity index (χ4n) is 3.72. The molecule has 0 N–H and O–H groups in total. The lowest BCUT2D eigenvalue weighted by molar-refractivity contribution is -0.144. The Hall–Kier alpha value is -3.20. The molecule has 0 aromatic carbocycles. The molecule has 0 spiro atoms. The van der Waals surface area contributed by atoms with E-state index in [0.29, 0.717) is 12.8 Å². The Kier molecular flexibility index (Phi) is 5.80. The molecule has 0 radical (unpaired) electrons. The van der Waals surface area contributed by atoms with Gasteiger partial charge in [-0.25, -0.2) is 9.97 Å². The largest absolute Gasteiger partial charge is 0.471 e. The van der Waals surface area contributed by atoms with Crippen LogP contribution in [0.1, 0.15) is 45.3 Å². The zero-order valence-electron chi connectivity index (χ0n) is 18.9. The molecule has 34 heavy (non-hydrogen) atoms. The molecular weight excluding hydrogens is 471 g/mol. The van der Waals surface area contributed by atoms with Gasteiger partial charge < -0.3 is 9.30 Å². The van der Waals surface area contributed by atoms with Crippen LogP contribution in [0.25, 0.3) is 22.6 Å². The van der Waals surface area contributed by atoms with Crippen molar-refractivity contribution in [3.05, 3.63) is 34.4 Å². The molecule has 1 atom stereocenters. The number of ether oxygens (including phenoxy) is 1. The highest BCUT2D eigenvalue weighted by atomic mass is 32.2. The molecule has 0 bridgehead atoms. The average molecular weight is 494 g/mol. The van der Waals surface area contributed by atoms with E-state index in [-0.39, 0.29) is 38.9 Å². The summed E-state index contributed by atoms with van der Waals surface area (Å²) in [7, 11) is -0.0266. The van der Waals surface area contributed by atoms with Gasteiger partial charge in [-0.15, -0.1) is 0 Å². The summed E-state index contributed by atoms with van der Waals surface area (Å²) in [4.78, 5) is 22.0. The van der Waals surface area contributed by atoms with E-state index in [2.05, 4.69) is 9.97 Å². The highest BCUT2D eigenvalue weighted by Crippen LogP contribution is 2.40. The Bertz CT molecular complexity index is 1410. The van der Waals surface area contributed by atoms with Crippen molar-refractivity contribution in [2.45, 2.75) is 56.3 Å². The number of pyridine rings is 2. The number of hydrogen-bond donors (Lipinski definition) is 0. The van der Waals surface area contributed by atoms with Gasteiger partial charge in [0.05, 0.1) is 27.4 Å². The minimum Gasteiger partial charge on any atom is -0.471 e. The summed E-state index contributed by atoms with van der Waals surface area (Å²) >= 11 is 0. The Morgan fingerprint density at radius 3 is 2.53 bits per heavy atom. The predicted octanol–water partition coefficient (Wildman–Crippen LogP) is 3.96. The first kappa shape index (κ1) is 23.9. The van der Waals surface area contributed by atoms with Gasteiger partial charge in [0.25, 0.3) is 5.56 Å². The zero-order chi connectivity index (χ0) is 25.0. The van der Waals surface area contributed by atoms with Crippen LogP contribution in [0.15, 0.2) is 28.0 Å². The van der Waals surface area contributed by atoms with Gasteiger partial charge in [-0.2, -0.15) is 18.4 Å². The summed E-state index contributed by atoms with van der Waals surface area (Å²) in [6.07, 6.45) is -2.39. The van der Waals surface area contributed by atoms with E-state index >= 15 is 0 Å². The predicted molar refractivity (Wildman–Crippen MR) is 119 cm³/mol. The van der Waals surface area contributed by atoms with Crippen molar-refractivity contribution in [1.29, 1.82) is 5.26 Å². The molecular formula is C22H22F3N5O3S. The van der Waals surface area contributed by atoms with E-state index in [9.17, 15) is 27.4 Å². The zero-order valence-corrected chi connectivity index (χ0v) is 19.8. The van der Waals surface area contributed by atoms with Gasteiger partial charge in [0, 0.05) is 24.9 Å². The van der Waals surface area contributed by atoms with Crippen LogP contribution in [0.3, 0.4) is 0 Å². The molecule has 3 heterocycles. The topological polar surface area (TPSA) is 103 Å². The van der Waals surface area contributed by atoms with Gasteiger partial charge in [-0.3, -0.25) is 13.6 Å². The van der Waals surface area contributed by atoms with E-state index in [0.717, 1.165) is 10.6 Å². The van der Waals surface area contributed by atoms with Gasteiger partial charge in [0.1, 0.15) is 28.7 Å². The van der Waals surface area contributed by atoms with Gasteiger partial charge in [-0.1, -0.05) is 6.92 Å². The second-order valence-corrected chi connectivity index (χ2v) is 10.2. The lowest BCUT2D eigenvalue weighted by Gasteiger charge is -2.19. The molecule has 180 valence electrons. The quantitative estimate of drug-likeness (QED) is 0.515. The number of imidazole rings is 1. The molecule has 0 saturated heterocycles. The summed E-state index contributed by atoms with van der Waals surface area (Å²) in [5, 5.41) is 9.22. The third-order valence-electron chi connectivity index (χ3n) is 5.47. The van der Waals surface area contributed by atoms with Crippen molar-refractivity contribution in [2.24, 2.45) is 7.05 Å². The second-order valence-electron chi connectivity index (χ2n) is 8.54. The molecule has 4 rings (SSSR count). The fraction of sp³-hybridized carbons (Fsp3) is 0.455. The van der Waals surface area contributed by atoms with Crippen molar-refractivity contribution in [3.8, 4) is 23.3 Å². The highest BCUT2D eigenvalue weighted by Gasteiger charge is 2.40. The maximum absolute atomic E-state index is 13.7. The number of nitriles is 1. The third kappa shape index (κ3) is 4.20. The Morgan fingerprint density at radius 2 is 1.97 bits per heavy atom. The van der Waals surface area contributed by atoms with Crippen LogP contribution in [-0.4, -0.2) is 34.7 Å². The number of fused-ring (bicyclic) bond motifs is 1. The Labute approximate surface area is 195 Å². The van der Waals surface area contributed by atoms with Crippen molar-refractivity contribution in [1.82, 2.24) is 19.1 Å².